The van der Waals surface area contributed by atoms with Crippen LogP contribution in [0, 0.1) is 33.6 Å². The Morgan fingerprint density at radius 3 is 2.34 bits per heavy atom. The predicted octanol–water partition coefficient (Wildman–Crippen LogP) is 5.77. The Bertz CT molecular complexity index is 1320. The number of aromatic nitrogens is 3. The molecule has 1 saturated carbocycles. The predicted molar refractivity (Wildman–Crippen MR) is 130 cm³/mol. The number of aryl methyl sites for hydroxylation is 4. The first-order chi connectivity index (χ1) is 15.4. The fourth-order valence-electron chi connectivity index (χ4n) is 5.15. The number of fused-ring (bicyclic) bond motifs is 3. The number of rotatable bonds is 6. The summed E-state index contributed by atoms with van der Waals surface area (Å²) in [5.41, 5.74) is 8.41. The lowest BCUT2D eigenvalue weighted by Crippen LogP contribution is -2.34. The number of imidazole rings is 2. The second kappa shape index (κ2) is 7.80. The summed E-state index contributed by atoms with van der Waals surface area (Å²) < 4.78 is 4.32. The lowest BCUT2D eigenvalue weighted by molar-refractivity contribution is 0.0740. The topological polar surface area (TPSA) is 42.5 Å². The molecule has 2 heterocycles. The van der Waals surface area contributed by atoms with Gasteiger partial charge in [0, 0.05) is 13.1 Å². The van der Waals surface area contributed by atoms with Crippen molar-refractivity contribution < 1.29 is 4.79 Å². The zero-order valence-electron chi connectivity index (χ0n) is 19.8. The molecule has 0 bridgehead atoms. The first kappa shape index (κ1) is 20.8. The van der Waals surface area contributed by atoms with Gasteiger partial charge in [0.25, 0.3) is 5.91 Å². The summed E-state index contributed by atoms with van der Waals surface area (Å²) >= 11 is 0. The molecule has 0 saturated heterocycles. The second-order valence-corrected chi connectivity index (χ2v) is 9.45. The van der Waals surface area contributed by atoms with Crippen LogP contribution in [0.4, 0.5) is 0 Å². The van der Waals surface area contributed by atoms with Crippen LogP contribution in [0.2, 0.25) is 0 Å². The van der Waals surface area contributed by atoms with Crippen molar-refractivity contribution in [3.8, 4) is 5.69 Å². The average molecular weight is 429 g/mol. The zero-order valence-corrected chi connectivity index (χ0v) is 19.8. The van der Waals surface area contributed by atoms with Gasteiger partial charge in [-0.2, -0.15) is 0 Å². The normalized spacial score (nSPS) is 13.9. The van der Waals surface area contributed by atoms with E-state index in [1.165, 1.54) is 29.5 Å². The number of hydrogen-bond acceptors (Lipinski definition) is 2. The first-order valence-electron chi connectivity index (χ1n) is 11.8. The Morgan fingerprint density at radius 2 is 1.72 bits per heavy atom. The molecule has 0 aliphatic heterocycles. The third-order valence-electron chi connectivity index (χ3n) is 6.62. The molecule has 0 radical (unpaired) electrons. The molecule has 5 nitrogen and oxygen atoms in total. The number of carbonyl (C=O) groups is 1. The van der Waals surface area contributed by atoms with E-state index in [4.69, 9.17) is 4.98 Å². The SMILES string of the molecule is CCCN(CC1CC1)C(=O)c1c(C)nc2n(-c3c(C)cc(C)cc3C)c3ccccc3n12. The van der Waals surface area contributed by atoms with Gasteiger partial charge in [0.15, 0.2) is 0 Å². The summed E-state index contributed by atoms with van der Waals surface area (Å²) in [4.78, 5) is 20.8. The van der Waals surface area contributed by atoms with Gasteiger partial charge in [-0.3, -0.25) is 13.8 Å². The molecular weight excluding hydrogens is 396 g/mol. The zero-order chi connectivity index (χ0) is 22.6. The lowest BCUT2D eigenvalue weighted by Gasteiger charge is -2.22. The molecule has 0 atom stereocenters. The van der Waals surface area contributed by atoms with Gasteiger partial charge in [-0.05, 0) is 76.1 Å². The van der Waals surface area contributed by atoms with E-state index in [0.29, 0.717) is 11.6 Å². The highest BCUT2D eigenvalue weighted by Gasteiger charge is 2.31. The van der Waals surface area contributed by atoms with E-state index in [2.05, 4.69) is 67.0 Å². The van der Waals surface area contributed by atoms with Gasteiger partial charge in [-0.1, -0.05) is 36.8 Å². The molecule has 2 aromatic heterocycles. The molecule has 32 heavy (non-hydrogen) atoms. The van der Waals surface area contributed by atoms with E-state index in [1.54, 1.807) is 0 Å². The summed E-state index contributed by atoms with van der Waals surface area (Å²) in [6.45, 7) is 12.2. The molecule has 1 aliphatic rings. The Morgan fingerprint density at radius 1 is 1.06 bits per heavy atom. The van der Waals surface area contributed by atoms with E-state index in [9.17, 15) is 4.79 Å². The largest absolute Gasteiger partial charge is 0.337 e. The smallest absolute Gasteiger partial charge is 0.272 e. The minimum absolute atomic E-state index is 0.101. The molecule has 166 valence electrons. The molecule has 2 aromatic carbocycles. The molecule has 1 aliphatic carbocycles. The molecule has 1 amide bonds. The van der Waals surface area contributed by atoms with Gasteiger partial charge in [-0.15, -0.1) is 0 Å². The maximum Gasteiger partial charge on any atom is 0.272 e. The van der Waals surface area contributed by atoms with Crippen LogP contribution >= 0.6 is 0 Å². The Kier molecular flexibility index (Phi) is 5.07. The van der Waals surface area contributed by atoms with Crippen molar-refractivity contribution in [2.24, 2.45) is 5.92 Å². The standard InChI is InChI=1S/C27H32N4O/c1-6-13-29(16-21-11-12-21)26(32)25-20(5)28-27-30(22-9-7-8-10-23(22)31(25)27)24-18(3)14-17(2)15-19(24)4/h7-10,14-15,21H,6,11-13,16H2,1-5H3. The van der Waals surface area contributed by atoms with Crippen LogP contribution in [-0.4, -0.2) is 37.8 Å². The third-order valence-corrected chi connectivity index (χ3v) is 6.62. The van der Waals surface area contributed by atoms with E-state index in [-0.39, 0.29) is 5.91 Å². The summed E-state index contributed by atoms with van der Waals surface area (Å²) in [5.74, 6) is 1.57. The van der Waals surface area contributed by atoms with Crippen LogP contribution in [0.3, 0.4) is 0 Å². The highest BCUT2D eigenvalue weighted by molar-refractivity contribution is 5.98. The molecule has 0 spiro atoms. The van der Waals surface area contributed by atoms with Crippen molar-refractivity contribution in [3.63, 3.8) is 0 Å². The molecule has 5 heteroatoms. The van der Waals surface area contributed by atoms with Crippen molar-refractivity contribution in [1.82, 2.24) is 18.9 Å². The van der Waals surface area contributed by atoms with Crippen LogP contribution in [0.1, 0.15) is 59.1 Å². The number of carbonyl (C=O) groups excluding carboxylic acids is 1. The van der Waals surface area contributed by atoms with Crippen LogP contribution in [0.5, 0.6) is 0 Å². The van der Waals surface area contributed by atoms with Gasteiger partial charge in [0.1, 0.15) is 5.69 Å². The van der Waals surface area contributed by atoms with Crippen molar-refractivity contribution in [2.45, 2.75) is 53.9 Å². The second-order valence-electron chi connectivity index (χ2n) is 9.45. The van der Waals surface area contributed by atoms with Gasteiger partial charge in [-0.25, -0.2) is 4.98 Å². The van der Waals surface area contributed by atoms with Crippen molar-refractivity contribution in [2.75, 3.05) is 13.1 Å². The quantitative estimate of drug-likeness (QED) is 0.391. The van der Waals surface area contributed by atoms with E-state index in [1.807, 2.05) is 17.9 Å². The molecule has 0 N–H and O–H groups in total. The molecule has 4 aromatic rings. The number of nitrogens with zero attached hydrogens (tertiary/aromatic N) is 4. The van der Waals surface area contributed by atoms with E-state index < -0.39 is 0 Å². The first-order valence-corrected chi connectivity index (χ1v) is 11.8. The van der Waals surface area contributed by atoms with E-state index in [0.717, 1.165) is 47.7 Å². The number of benzene rings is 2. The molecule has 0 unspecified atom stereocenters. The minimum Gasteiger partial charge on any atom is -0.337 e. The minimum atomic E-state index is 0.101. The van der Waals surface area contributed by atoms with Crippen molar-refractivity contribution in [1.29, 1.82) is 0 Å². The molecule has 1 fully saturated rings. The highest BCUT2D eigenvalue weighted by atomic mass is 16.2. The van der Waals surface area contributed by atoms with Gasteiger partial charge < -0.3 is 4.90 Å². The summed E-state index contributed by atoms with van der Waals surface area (Å²) in [7, 11) is 0. The number of hydrogen-bond donors (Lipinski definition) is 0. The highest BCUT2D eigenvalue weighted by Crippen LogP contribution is 2.33. The number of para-hydroxylation sites is 2. The fourth-order valence-corrected chi connectivity index (χ4v) is 5.15. The number of amides is 1. The average Bonchev–Trinajstić information content (AvgIpc) is 3.43. The molecule has 5 rings (SSSR count). The maximum absolute atomic E-state index is 13.8. The lowest BCUT2D eigenvalue weighted by atomic mass is 10.0. The van der Waals surface area contributed by atoms with Gasteiger partial charge >= 0.3 is 0 Å². The molecular formula is C27H32N4O. The van der Waals surface area contributed by atoms with Crippen molar-refractivity contribution >= 4 is 22.7 Å². The van der Waals surface area contributed by atoms with Crippen LogP contribution in [0.15, 0.2) is 36.4 Å². The fraction of sp³-hybridized carbons (Fsp3) is 0.407. The van der Waals surface area contributed by atoms with Crippen LogP contribution in [-0.2, 0) is 0 Å². The van der Waals surface area contributed by atoms with Gasteiger partial charge in [0.2, 0.25) is 5.78 Å². The Hall–Kier alpha value is -3.08. The summed E-state index contributed by atoms with van der Waals surface area (Å²) in [6, 6.07) is 12.8. The van der Waals surface area contributed by atoms with Gasteiger partial charge in [0.05, 0.1) is 22.4 Å². The van der Waals surface area contributed by atoms with Crippen LogP contribution < -0.4 is 0 Å². The summed E-state index contributed by atoms with van der Waals surface area (Å²) in [6.07, 6.45) is 3.43. The van der Waals surface area contributed by atoms with Crippen molar-refractivity contribution in [3.05, 3.63) is 64.5 Å². The Balaban J connectivity index is 1.77. The van der Waals surface area contributed by atoms with Crippen LogP contribution in [0.25, 0.3) is 22.5 Å². The Labute approximate surface area is 189 Å². The maximum atomic E-state index is 13.8. The monoisotopic (exact) mass is 428 g/mol. The third kappa shape index (κ3) is 3.31. The summed E-state index contributed by atoms with van der Waals surface area (Å²) in [5, 5.41) is 0. The van der Waals surface area contributed by atoms with E-state index >= 15 is 0 Å².